The van der Waals surface area contributed by atoms with Gasteiger partial charge in [-0.3, -0.25) is 4.79 Å². The van der Waals surface area contributed by atoms with Crippen molar-refractivity contribution >= 4 is 17.5 Å². The number of pyridine rings is 1. The fourth-order valence-electron chi connectivity index (χ4n) is 1.70. The second-order valence-corrected chi connectivity index (χ2v) is 4.00. The second-order valence-electron chi connectivity index (χ2n) is 3.65. The molecule has 1 atom stereocenters. The molecule has 0 spiro atoms. The lowest BCUT2D eigenvalue weighted by Crippen LogP contribution is -2.38. The number of rotatable bonds is 2. The van der Waals surface area contributed by atoms with Gasteiger partial charge in [-0.2, -0.15) is 0 Å². The normalized spacial score (nSPS) is 16.7. The largest absolute Gasteiger partial charge is 0.330 e. The van der Waals surface area contributed by atoms with Gasteiger partial charge in [0.2, 0.25) is 0 Å². The Morgan fingerprint density at radius 3 is 3.07 bits per heavy atom. The molecule has 0 saturated heterocycles. The molecule has 0 aromatic carbocycles. The van der Waals surface area contributed by atoms with E-state index >= 15 is 0 Å². The topological polar surface area (TPSA) is 59.2 Å². The van der Waals surface area contributed by atoms with E-state index in [1.807, 2.05) is 6.92 Å². The number of carbonyl (C=O) groups is 1. The molecule has 1 aliphatic heterocycles. The third kappa shape index (κ3) is 1.60. The van der Waals surface area contributed by atoms with Crippen LogP contribution in [0.15, 0.2) is 12.3 Å². The van der Waals surface area contributed by atoms with Crippen LogP contribution in [0.5, 0.6) is 0 Å². The maximum atomic E-state index is 11.9. The lowest BCUT2D eigenvalue weighted by atomic mass is 10.2. The summed E-state index contributed by atoms with van der Waals surface area (Å²) in [6, 6.07) is 1.73. The van der Waals surface area contributed by atoms with E-state index in [4.69, 9.17) is 17.3 Å². The first-order chi connectivity index (χ1) is 7.15. The summed E-state index contributed by atoms with van der Waals surface area (Å²) in [6.07, 6.45) is 1.55. The van der Waals surface area contributed by atoms with Crippen molar-refractivity contribution in [1.82, 2.24) is 9.88 Å². The molecule has 0 fully saturated rings. The minimum absolute atomic E-state index is 0.00718. The molecule has 1 amide bonds. The molecule has 4 nitrogen and oxygen atoms in total. The van der Waals surface area contributed by atoms with Crippen molar-refractivity contribution in [2.24, 2.45) is 5.73 Å². The number of aromatic nitrogens is 1. The van der Waals surface area contributed by atoms with Gasteiger partial charge in [0.25, 0.3) is 5.91 Å². The van der Waals surface area contributed by atoms with E-state index in [1.54, 1.807) is 17.2 Å². The first-order valence-electron chi connectivity index (χ1n) is 4.79. The van der Waals surface area contributed by atoms with Gasteiger partial charge in [-0.15, -0.1) is 0 Å². The summed E-state index contributed by atoms with van der Waals surface area (Å²) in [5.41, 5.74) is 7.00. The van der Waals surface area contributed by atoms with Crippen LogP contribution in [0, 0.1) is 0 Å². The van der Waals surface area contributed by atoms with Crippen molar-refractivity contribution in [3.8, 4) is 0 Å². The van der Waals surface area contributed by atoms with Crippen LogP contribution in [0.25, 0.3) is 0 Å². The molecule has 80 valence electrons. The predicted octanol–water partition coefficient (Wildman–Crippen LogP) is 1.04. The van der Waals surface area contributed by atoms with Gasteiger partial charge in [-0.1, -0.05) is 11.6 Å². The average Bonchev–Trinajstić information content (AvgIpc) is 2.57. The zero-order valence-electron chi connectivity index (χ0n) is 8.40. The Balaban J connectivity index is 2.37. The third-order valence-corrected chi connectivity index (χ3v) is 3.02. The third-order valence-electron chi connectivity index (χ3n) is 2.70. The number of hydrogen-bond donors (Lipinski definition) is 1. The molecule has 1 unspecified atom stereocenters. The van der Waals surface area contributed by atoms with Crippen LogP contribution in [-0.4, -0.2) is 28.4 Å². The number of hydrogen-bond acceptors (Lipinski definition) is 3. The van der Waals surface area contributed by atoms with Gasteiger partial charge in [0.15, 0.2) is 0 Å². The molecule has 0 aliphatic carbocycles. The van der Waals surface area contributed by atoms with Crippen molar-refractivity contribution < 1.29 is 4.79 Å². The minimum atomic E-state index is -0.00718. The van der Waals surface area contributed by atoms with Crippen LogP contribution < -0.4 is 5.73 Å². The van der Waals surface area contributed by atoms with Crippen LogP contribution >= 0.6 is 11.6 Å². The van der Waals surface area contributed by atoms with Gasteiger partial charge in [0.05, 0.1) is 6.54 Å². The Morgan fingerprint density at radius 2 is 2.47 bits per heavy atom. The van der Waals surface area contributed by atoms with E-state index in [2.05, 4.69) is 4.98 Å². The average molecular weight is 226 g/mol. The molecule has 1 aliphatic rings. The Kier molecular flexibility index (Phi) is 2.63. The fraction of sp³-hybridized carbons (Fsp3) is 0.400. The molecule has 0 saturated carbocycles. The fourth-order valence-corrected chi connectivity index (χ4v) is 1.92. The molecule has 5 heteroatoms. The Labute approximate surface area is 93.0 Å². The number of fused-ring (bicyclic) bond motifs is 1. The molecule has 2 heterocycles. The molecular formula is C10H12ClN3O. The van der Waals surface area contributed by atoms with Crippen molar-refractivity contribution in [1.29, 1.82) is 0 Å². The second kappa shape index (κ2) is 3.79. The SMILES string of the molecule is CC(CN)N1Cc2c(ccnc2Cl)C1=O. The van der Waals surface area contributed by atoms with E-state index in [0.717, 1.165) is 5.56 Å². The number of amides is 1. The highest BCUT2D eigenvalue weighted by Gasteiger charge is 2.31. The molecule has 1 aromatic heterocycles. The van der Waals surface area contributed by atoms with E-state index < -0.39 is 0 Å². The number of halogens is 1. The summed E-state index contributed by atoms with van der Waals surface area (Å²) in [7, 11) is 0. The van der Waals surface area contributed by atoms with Gasteiger partial charge >= 0.3 is 0 Å². The van der Waals surface area contributed by atoms with Crippen LogP contribution in [-0.2, 0) is 6.54 Å². The zero-order chi connectivity index (χ0) is 11.0. The van der Waals surface area contributed by atoms with Crippen molar-refractivity contribution in [2.45, 2.75) is 19.5 Å². The summed E-state index contributed by atoms with van der Waals surface area (Å²) >= 11 is 5.93. The summed E-state index contributed by atoms with van der Waals surface area (Å²) in [5, 5.41) is 0.410. The predicted molar refractivity (Wildman–Crippen MR) is 57.6 cm³/mol. The highest BCUT2D eigenvalue weighted by Crippen LogP contribution is 2.28. The van der Waals surface area contributed by atoms with Gasteiger partial charge in [-0.25, -0.2) is 4.98 Å². The number of nitrogens with zero attached hydrogens (tertiary/aromatic N) is 2. The maximum absolute atomic E-state index is 11.9. The number of carbonyl (C=O) groups excluding carboxylic acids is 1. The number of nitrogens with two attached hydrogens (primary N) is 1. The van der Waals surface area contributed by atoms with Gasteiger partial charge in [0, 0.05) is 29.9 Å². The Bertz CT molecular complexity index is 408. The summed E-state index contributed by atoms with van der Waals surface area (Å²) in [4.78, 5) is 17.6. The minimum Gasteiger partial charge on any atom is -0.330 e. The maximum Gasteiger partial charge on any atom is 0.254 e. The summed E-state index contributed by atoms with van der Waals surface area (Å²) in [5.74, 6) is -0.00718. The lowest BCUT2D eigenvalue weighted by molar-refractivity contribution is 0.0723. The standard InChI is InChI=1S/C10H12ClN3O/c1-6(4-12)14-5-8-7(10(14)15)2-3-13-9(8)11/h2-3,6H,4-5,12H2,1H3. The first-order valence-corrected chi connectivity index (χ1v) is 5.17. The molecule has 15 heavy (non-hydrogen) atoms. The van der Waals surface area contributed by atoms with Crippen molar-refractivity contribution in [3.05, 3.63) is 28.5 Å². The van der Waals surface area contributed by atoms with E-state index in [9.17, 15) is 4.79 Å². The molecule has 2 rings (SSSR count). The van der Waals surface area contributed by atoms with Crippen LogP contribution in [0.2, 0.25) is 5.15 Å². The molecule has 0 bridgehead atoms. The molecule has 2 N–H and O–H groups in total. The van der Waals surface area contributed by atoms with Crippen molar-refractivity contribution in [2.75, 3.05) is 6.54 Å². The smallest absolute Gasteiger partial charge is 0.254 e. The first kappa shape index (κ1) is 10.4. The van der Waals surface area contributed by atoms with Crippen LogP contribution in [0.4, 0.5) is 0 Å². The monoisotopic (exact) mass is 225 g/mol. The summed E-state index contributed by atoms with van der Waals surface area (Å²) < 4.78 is 0. The summed E-state index contributed by atoms with van der Waals surface area (Å²) in [6.45, 7) is 2.88. The van der Waals surface area contributed by atoms with Gasteiger partial charge in [-0.05, 0) is 13.0 Å². The van der Waals surface area contributed by atoms with E-state index in [0.29, 0.717) is 23.8 Å². The van der Waals surface area contributed by atoms with Gasteiger partial charge < -0.3 is 10.6 Å². The molecular weight excluding hydrogens is 214 g/mol. The Morgan fingerprint density at radius 1 is 1.73 bits per heavy atom. The quantitative estimate of drug-likeness (QED) is 0.765. The van der Waals surface area contributed by atoms with Crippen LogP contribution in [0.1, 0.15) is 22.8 Å². The van der Waals surface area contributed by atoms with Crippen LogP contribution in [0.3, 0.4) is 0 Å². The highest BCUT2D eigenvalue weighted by molar-refractivity contribution is 6.30. The molecule has 1 aromatic rings. The van der Waals surface area contributed by atoms with E-state index in [-0.39, 0.29) is 11.9 Å². The van der Waals surface area contributed by atoms with Crippen molar-refractivity contribution in [3.63, 3.8) is 0 Å². The molecule has 0 radical (unpaired) electrons. The van der Waals surface area contributed by atoms with E-state index in [1.165, 1.54) is 0 Å². The lowest BCUT2D eigenvalue weighted by Gasteiger charge is -2.22. The highest BCUT2D eigenvalue weighted by atomic mass is 35.5. The van der Waals surface area contributed by atoms with Gasteiger partial charge in [0.1, 0.15) is 5.15 Å². The Hall–Kier alpha value is -1.13. The zero-order valence-corrected chi connectivity index (χ0v) is 9.16.